The van der Waals surface area contributed by atoms with Gasteiger partial charge in [-0.05, 0) is 75.3 Å². The molecule has 18 nitrogen and oxygen atoms in total. The number of alkyl halides is 2. The van der Waals surface area contributed by atoms with Crippen molar-refractivity contribution in [2.45, 2.75) is 112 Å². The van der Waals surface area contributed by atoms with Crippen molar-refractivity contribution in [1.82, 2.24) is 0 Å². The largest absolute Gasteiger partial charge is 0.462 e. The monoisotopic (exact) mass is 1190 g/mol. The second kappa shape index (κ2) is 21.7. The maximum Gasteiger partial charge on any atom is 0.340 e. The highest BCUT2D eigenvalue weighted by atomic mass is 28.3. The minimum atomic E-state index is -2.74. The van der Waals surface area contributed by atoms with Crippen LogP contribution in [-0.4, -0.2) is 172 Å². The number of aliphatic hydroxyl groups is 8. The first-order chi connectivity index (χ1) is 39.9. The molecule has 6 heterocycles. The van der Waals surface area contributed by atoms with Crippen molar-refractivity contribution in [2.24, 2.45) is 0 Å². The van der Waals surface area contributed by atoms with E-state index < -0.39 is 127 Å². The lowest BCUT2D eigenvalue weighted by Crippen LogP contribution is -2.64. The molecule has 6 aromatic carbocycles. The quantitative estimate of drug-likeness (QED) is 0.0721. The Morgan fingerprint density at radius 3 is 1.40 bits per heavy atom. The van der Waals surface area contributed by atoms with Crippen molar-refractivity contribution in [2.75, 3.05) is 51.2 Å². The van der Waals surface area contributed by atoms with E-state index in [0.29, 0.717) is 38.6 Å². The maximum atomic E-state index is 15.3. The van der Waals surface area contributed by atoms with Crippen LogP contribution in [0.5, 0.6) is 11.5 Å². The third kappa shape index (κ3) is 8.90. The number of benzene rings is 6. The number of hydrogen-bond donors (Lipinski definition) is 8. The molecule has 2 saturated heterocycles. The smallest absolute Gasteiger partial charge is 0.340 e. The van der Waals surface area contributed by atoms with Crippen molar-refractivity contribution in [1.29, 1.82) is 0 Å². The van der Waals surface area contributed by atoms with Crippen molar-refractivity contribution in [3.05, 3.63) is 165 Å². The Morgan fingerprint density at radius 2 is 0.940 bits per heavy atom. The third-order valence-electron chi connectivity index (χ3n) is 17.7. The van der Waals surface area contributed by atoms with Gasteiger partial charge >= 0.3 is 11.9 Å². The second-order valence-corrected chi connectivity index (χ2v) is 32.2. The lowest BCUT2D eigenvalue weighted by atomic mass is 9.78. The van der Waals surface area contributed by atoms with Gasteiger partial charge in [0.15, 0.2) is 11.2 Å². The molecule has 0 radical (unpaired) electrons. The summed E-state index contributed by atoms with van der Waals surface area (Å²) in [6.07, 6.45) is -15.0. The fraction of sp³-hybridized carbons (Fsp3) is 0.387. The molecule has 0 aromatic heterocycles. The number of nitrogens with zero attached hydrogens (tertiary/aromatic N) is 2. The molecule has 2 fully saturated rings. The van der Waals surface area contributed by atoms with Crippen LogP contribution in [0.25, 0.3) is 0 Å². The molecule has 84 heavy (non-hydrogen) atoms. The third-order valence-corrected chi connectivity index (χ3v) is 24.8. The Bertz CT molecular complexity index is 3470. The molecule has 0 aliphatic carbocycles. The van der Waals surface area contributed by atoms with Gasteiger partial charge in [-0.2, -0.15) is 0 Å². The normalized spacial score (nSPS) is 29.0. The van der Waals surface area contributed by atoms with Gasteiger partial charge in [0.2, 0.25) is 12.6 Å². The Balaban J connectivity index is 0.000000175. The maximum absolute atomic E-state index is 15.3. The SMILES string of the molecule is CN(C)c1ccc2c(c1)[Si](C)(C)c1c(ccc(O[C@@H]3O[C@H](CO)[C@H](O)[C@H](O)[C@H]3O)c1CF)C21OC(=O)c2ccccc21.CN(C)c1ccc2c(c1)[Si](C)(C)c1cc(O[C@@H]3O[C@H](CO)[C@H](O)[C@H](O)[C@H]3O)c(CF)cc1C21OC(=O)c2ccccc21. The van der Waals surface area contributed by atoms with E-state index in [4.69, 9.17) is 28.4 Å². The van der Waals surface area contributed by atoms with E-state index in [2.05, 4.69) is 38.3 Å². The topological polar surface area (TPSA) is 258 Å². The number of aliphatic hydroxyl groups excluding tert-OH is 8. The Hall–Kier alpha value is -6.65. The van der Waals surface area contributed by atoms with E-state index >= 15 is 4.39 Å². The molecule has 22 heteroatoms. The number of carbonyl (C=O) groups is 2. The standard InChI is InChI=1S/2C31H34FNO8Si/c1-33(2)17-9-10-20-24(12-17)42(3,4)25-13-22(39-30-28(37)27(36)26(35)23(15-34)40-30)16(14-32)11-21(25)31(20)19-8-6-5-7-18(19)29(38)41-31;1-33(2)16-9-10-20-24(13-16)42(3,4)28-18(14-32)22(39-30-27(37)26(36)25(35)23(15-34)40-30)12-11-21(28)31(20)19-8-6-5-7-17(19)29(38)41-31/h5-13,23,26-28,30,34-37H,14-15H2,1-4H3;5-13,23,25-27,30,34-37H,14-15H2,1-4H3/t23-,26+,27+,28-,30-,31?;23-,25+,26+,27-,30-,31?/m11/s1. The van der Waals surface area contributed by atoms with Crippen LogP contribution in [-0.2, 0) is 43.5 Å². The number of esters is 2. The van der Waals surface area contributed by atoms with Gasteiger partial charge in [-0.25, -0.2) is 18.4 Å². The lowest BCUT2D eigenvalue weighted by molar-refractivity contribution is -0.277. The first kappa shape index (κ1) is 59.1. The van der Waals surface area contributed by atoms with E-state index in [0.717, 1.165) is 38.1 Å². The minimum Gasteiger partial charge on any atom is -0.462 e. The molecule has 444 valence electrons. The number of anilines is 2. The summed E-state index contributed by atoms with van der Waals surface area (Å²) in [5.74, 6) is -0.768. The van der Waals surface area contributed by atoms with Gasteiger partial charge < -0.3 is 79.1 Å². The van der Waals surface area contributed by atoms with Gasteiger partial charge in [0.1, 0.15) is 89.8 Å². The number of ether oxygens (including phenoxy) is 6. The molecule has 2 unspecified atom stereocenters. The van der Waals surface area contributed by atoms with Crippen molar-refractivity contribution < 1.29 is 87.6 Å². The molecule has 0 saturated carbocycles. The molecule has 6 aromatic rings. The molecule has 12 atom stereocenters. The molecule has 2 spiro atoms. The summed E-state index contributed by atoms with van der Waals surface area (Å²) in [7, 11) is 2.44. The number of hydrogen-bond acceptors (Lipinski definition) is 18. The average molecular weight is 1190 g/mol. The second-order valence-electron chi connectivity index (χ2n) is 23.6. The summed E-state index contributed by atoms with van der Waals surface area (Å²) in [5.41, 5.74) is 4.86. The molecule has 8 N–H and O–H groups in total. The number of fused-ring (bicyclic) bond motifs is 12. The van der Waals surface area contributed by atoms with Crippen molar-refractivity contribution in [3.8, 4) is 11.5 Å². The van der Waals surface area contributed by atoms with Crippen molar-refractivity contribution in [3.63, 3.8) is 0 Å². The highest BCUT2D eigenvalue weighted by molar-refractivity contribution is 7.02. The molecule has 6 aliphatic heterocycles. The van der Waals surface area contributed by atoms with E-state index in [9.17, 15) is 54.8 Å². The van der Waals surface area contributed by atoms with E-state index in [-0.39, 0.29) is 22.6 Å². The van der Waals surface area contributed by atoms with Gasteiger partial charge in [-0.15, -0.1) is 0 Å². The number of rotatable bonds is 10. The Labute approximate surface area is 485 Å². The van der Waals surface area contributed by atoms with E-state index in [1.165, 1.54) is 0 Å². The molecule has 12 rings (SSSR count). The average Bonchev–Trinajstić information content (AvgIpc) is 1.31. The Morgan fingerprint density at radius 1 is 0.500 bits per heavy atom. The first-order valence-corrected chi connectivity index (χ1v) is 33.6. The number of halogens is 2. The zero-order valence-corrected chi connectivity index (χ0v) is 49.5. The van der Waals surface area contributed by atoms with Crippen LogP contribution in [0, 0.1) is 0 Å². The fourth-order valence-corrected chi connectivity index (χ4v) is 19.9. The summed E-state index contributed by atoms with van der Waals surface area (Å²) in [5, 5.41) is 85.0. The summed E-state index contributed by atoms with van der Waals surface area (Å²) in [6.45, 7) is 5.42. The van der Waals surface area contributed by atoms with Gasteiger partial charge in [0, 0.05) is 84.1 Å². The minimum absolute atomic E-state index is 0.0844. The van der Waals surface area contributed by atoms with Crippen LogP contribution >= 0.6 is 0 Å². The molecule has 0 bridgehead atoms. The van der Waals surface area contributed by atoms with E-state index in [1.807, 2.05) is 86.5 Å². The van der Waals surface area contributed by atoms with Crippen molar-refractivity contribution >= 4 is 60.2 Å². The zero-order chi connectivity index (χ0) is 60.3. The predicted molar refractivity (Wildman–Crippen MR) is 310 cm³/mol. The molecule has 0 amide bonds. The van der Waals surface area contributed by atoms with Gasteiger partial charge in [0.25, 0.3) is 0 Å². The highest BCUT2D eigenvalue weighted by Crippen LogP contribution is 2.52. The number of carbonyl (C=O) groups excluding carboxylic acids is 2. The molecule has 6 aliphatic rings. The summed E-state index contributed by atoms with van der Waals surface area (Å²) >= 11 is 0. The van der Waals surface area contributed by atoms with Crippen LogP contribution in [0.4, 0.5) is 20.2 Å². The van der Waals surface area contributed by atoms with Crippen LogP contribution < -0.4 is 40.0 Å². The molecular formula is C62H68F2N2O16Si2. The van der Waals surface area contributed by atoms with E-state index in [1.54, 1.807) is 48.5 Å². The zero-order valence-electron chi connectivity index (χ0n) is 47.5. The van der Waals surface area contributed by atoms with Gasteiger partial charge in [-0.3, -0.25) is 0 Å². The lowest BCUT2D eigenvalue weighted by Gasteiger charge is -2.45. The molecular weight excluding hydrogens is 1120 g/mol. The fourth-order valence-electron chi connectivity index (χ4n) is 13.2. The van der Waals surface area contributed by atoms with Crippen LogP contribution in [0.2, 0.25) is 26.2 Å². The Kier molecular flexibility index (Phi) is 15.3. The van der Waals surface area contributed by atoms with Crippen LogP contribution in [0.1, 0.15) is 65.2 Å². The summed E-state index contributed by atoms with van der Waals surface area (Å²) in [6, 6.07) is 33.3. The predicted octanol–water partition coefficient (Wildman–Crippen LogP) is 2.00. The summed E-state index contributed by atoms with van der Waals surface area (Å²) < 4.78 is 65.8. The van der Waals surface area contributed by atoms with Gasteiger partial charge in [-0.1, -0.05) is 80.8 Å². The van der Waals surface area contributed by atoms with Gasteiger partial charge in [0.05, 0.1) is 24.3 Å². The summed E-state index contributed by atoms with van der Waals surface area (Å²) in [4.78, 5) is 30.6. The first-order valence-electron chi connectivity index (χ1n) is 27.6. The highest BCUT2D eigenvalue weighted by Gasteiger charge is 2.59. The van der Waals surface area contributed by atoms with Crippen LogP contribution in [0.15, 0.2) is 109 Å². The van der Waals surface area contributed by atoms with Crippen LogP contribution in [0.3, 0.4) is 0 Å².